The molecule has 0 radical (unpaired) electrons. The predicted molar refractivity (Wildman–Crippen MR) is 98.7 cm³/mol. The topological polar surface area (TPSA) is 79.0 Å². The van der Waals surface area contributed by atoms with Crippen LogP contribution in [0.25, 0.3) is 0 Å². The fourth-order valence-electron chi connectivity index (χ4n) is 3.46. The third-order valence-corrected chi connectivity index (χ3v) is 5.33. The van der Waals surface area contributed by atoms with Gasteiger partial charge < -0.3 is 15.0 Å². The normalized spacial score (nSPS) is 23.2. The molecule has 0 spiro atoms. The number of carbonyl (C=O) groups is 3. The second-order valence-corrected chi connectivity index (χ2v) is 7.70. The quantitative estimate of drug-likeness (QED) is 0.753. The molecule has 0 aliphatic carbocycles. The Balaban J connectivity index is 1.75. The fourth-order valence-corrected chi connectivity index (χ4v) is 3.84. The summed E-state index contributed by atoms with van der Waals surface area (Å²) in [6, 6.07) is 3.84. The zero-order chi connectivity index (χ0) is 18.8. The van der Waals surface area contributed by atoms with Crippen molar-refractivity contribution >= 4 is 33.8 Å². The van der Waals surface area contributed by atoms with Crippen LogP contribution in [-0.2, 0) is 9.59 Å². The third-order valence-electron chi connectivity index (χ3n) is 4.83. The van der Waals surface area contributed by atoms with Crippen LogP contribution in [0.15, 0.2) is 22.7 Å². The van der Waals surface area contributed by atoms with E-state index in [0.29, 0.717) is 30.3 Å². The average molecular weight is 424 g/mol. The number of urea groups is 1. The van der Waals surface area contributed by atoms with E-state index < -0.39 is 18.0 Å². The highest BCUT2D eigenvalue weighted by Crippen LogP contribution is 2.32. The van der Waals surface area contributed by atoms with E-state index in [2.05, 4.69) is 28.2 Å². The summed E-state index contributed by atoms with van der Waals surface area (Å²) in [7, 11) is 1.51. The molecular weight excluding hydrogens is 402 g/mol. The van der Waals surface area contributed by atoms with Gasteiger partial charge >= 0.3 is 6.03 Å². The summed E-state index contributed by atoms with van der Waals surface area (Å²) >= 11 is 3.37. The van der Waals surface area contributed by atoms with Gasteiger partial charge in [0.1, 0.15) is 18.3 Å². The van der Waals surface area contributed by atoms with Crippen molar-refractivity contribution < 1.29 is 19.1 Å². The first-order valence-electron chi connectivity index (χ1n) is 8.63. The Hall–Kier alpha value is -2.09. The molecule has 1 N–H and O–H groups in total. The van der Waals surface area contributed by atoms with Gasteiger partial charge in [0.15, 0.2) is 0 Å². The maximum absolute atomic E-state index is 12.8. The van der Waals surface area contributed by atoms with Crippen LogP contribution in [0.4, 0.5) is 4.79 Å². The molecule has 0 aromatic heterocycles. The number of benzene rings is 1. The molecule has 0 bridgehead atoms. The molecule has 2 heterocycles. The number of amides is 4. The fraction of sp³-hybridized carbons (Fsp3) is 0.500. The zero-order valence-corrected chi connectivity index (χ0v) is 16.4. The van der Waals surface area contributed by atoms with Crippen molar-refractivity contribution in [1.29, 1.82) is 0 Å². The molecule has 8 heteroatoms. The zero-order valence-electron chi connectivity index (χ0n) is 14.8. The number of rotatable bonds is 4. The van der Waals surface area contributed by atoms with Crippen molar-refractivity contribution in [2.24, 2.45) is 5.92 Å². The predicted octanol–water partition coefficient (Wildman–Crippen LogP) is 2.31. The Morgan fingerprint density at radius 2 is 2.15 bits per heavy atom. The summed E-state index contributed by atoms with van der Waals surface area (Å²) < 4.78 is 6.07. The maximum atomic E-state index is 12.8. The van der Waals surface area contributed by atoms with Gasteiger partial charge in [0.2, 0.25) is 5.91 Å². The lowest BCUT2D eigenvalue weighted by Gasteiger charge is -2.31. The molecule has 1 aromatic carbocycles. The number of halogens is 1. The van der Waals surface area contributed by atoms with Crippen molar-refractivity contribution in [1.82, 2.24) is 15.1 Å². The molecule has 2 atom stereocenters. The SMILES string of the molecule is COc1ccc(Br)cc1[C@H]1NC(=O)N(CC(=O)N2CCC[C@H](C)C2)C1=O. The van der Waals surface area contributed by atoms with Crippen molar-refractivity contribution in [2.75, 3.05) is 26.7 Å². The van der Waals surface area contributed by atoms with Gasteiger partial charge in [-0.1, -0.05) is 22.9 Å². The summed E-state index contributed by atoms with van der Waals surface area (Å²) in [4.78, 5) is 40.3. The molecule has 2 fully saturated rings. The van der Waals surface area contributed by atoms with E-state index >= 15 is 0 Å². The van der Waals surface area contributed by atoms with Crippen molar-refractivity contribution in [3.63, 3.8) is 0 Å². The molecule has 26 heavy (non-hydrogen) atoms. The van der Waals surface area contributed by atoms with Crippen LogP contribution in [0.5, 0.6) is 5.75 Å². The summed E-state index contributed by atoms with van der Waals surface area (Å²) in [5.74, 6) is 0.311. The Morgan fingerprint density at radius 3 is 2.85 bits per heavy atom. The third kappa shape index (κ3) is 3.70. The van der Waals surface area contributed by atoms with E-state index in [1.165, 1.54) is 7.11 Å². The summed E-state index contributed by atoms with van der Waals surface area (Å²) in [5, 5.41) is 2.65. The van der Waals surface area contributed by atoms with Crippen LogP contribution in [0, 0.1) is 5.92 Å². The van der Waals surface area contributed by atoms with Crippen LogP contribution in [-0.4, -0.2) is 54.4 Å². The number of imide groups is 1. The Morgan fingerprint density at radius 1 is 1.38 bits per heavy atom. The van der Waals surface area contributed by atoms with E-state index in [1.807, 2.05) is 0 Å². The molecule has 0 saturated carbocycles. The van der Waals surface area contributed by atoms with Crippen LogP contribution in [0.2, 0.25) is 0 Å². The number of hydrogen-bond acceptors (Lipinski definition) is 4. The lowest BCUT2D eigenvalue weighted by atomic mass is 10.0. The molecule has 3 rings (SSSR count). The van der Waals surface area contributed by atoms with Gasteiger partial charge in [-0.05, 0) is 37.0 Å². The number of nitrogens with one attached hydrogen (secondary N) is 1. The van der Waals surface area contributed by atoms with Crippen LogP contribution in [0.1, 0.15) is 31.4 Å². The standard InChI is InChI=1S/C18H22BrN3O4/c1-11-4-3-7-21(9-11)15(23)10-22-17(24)16(20-18(22)25)13-8-12(19)5-6-14(13)26-2/h5-6,8,11,16H,3-4,7,9-10H2,1-2H3,(H,20,25)/t11-,16+/m0/s1. The number of nitrogens with zero attached hydrogens (tertiary/aromatic N) is 2. The van der Waals surface area contributed by atoms with E-state index in [-0.39, 0.29) is 12.5 Å². The highest BCUT2D eigenvalue weighted by molar-refractivity contribution is 9.10. The van der Waals surface area contributed by atoms with E-state index in [4.69, 9.17) is 4.74 Å². The molecule has 7 nitrogen and oxygen atoms in total. The first-order valence-corrected chi connectivity index (χ1v) is 9.43. The van der Waals surface area contributed by atoms with Crippen molar-refractivity contribution in [3.8, 4) is 5.75 Å². The second kappa shape index (κ2) is 7.65. The van der Waals surface area contributed by atoms with Gasteiger partial charge in [-0.2, -0.15) is 0 Å². The van der Waals surface area contributed by atoms with Crippen LogP contribution < -0.4 is 10.1 Å². The smallest absolute Gasteiger partial charge is 0.325 e. The molecule has 0 unspecified atom stereocenters. The van der Waals surface area contributed by atoms with Gasteiger partial charge in [0.25, 0.3) is 5.91 Å². The lowest BCUT2D eigenvalue weighted by molar-refractivity contribution is -0.138. The van der Waals surface area contributed by atoms with E-state index in [1.54, 1.807) is 23.1 Å². The molecule has 4 amide bonds. The number of carbonyl (C=O) groups excluding carboxylic acids is 3. The van der Waals surface area contributed by atoms with Crippen molar-refractivity contribution in [2.45, 2.75) is 25.8 Å². The van der Waals surface area contributed by atoms with Gasteiger partial charge in [0.05, 0.1) is 7.11 Å². The summed E-state index contributed by atoms with van der Waals surface area (Å²) in [6.45, 7) is 3.22. The van der Waals surface area contributed by atoms with Crippen LogP contribution in [0.3, 0.4) is 0 Å². The Bertz CT molecular complexity index is 739. The first kappa shape index (κ1) is 18.7. The monoisotopic (exact) mass is 423 g/mol. The van der Waals surface area contributed by atoms with E-state index in [9.17, 15) is 14.4 Å². The Labute approximate surface area is 160 Å². The number of ether oxygens (including phenoxy) is 1. The van der Waals surface area contributed by atoms with Gasteiger partial charge in [-0.25, -0.2) is 4.79 Å². The number of likely N-dealkylation sites (tertiary alicyclic amines) is 1. The van der Waals surface area contributed by atoms with Gasteiger partial charge in [0, 0.05) is 23.1 Å². The molecule has 2 aliphatic rings. The minimum Gasteiger partial charge on any atom is -0.496 e. The first-order chi connectivity index (χ1) is 12.4. The maximum Gasteiger partial charge on any atom is 0.325 e. The molecular formula is C18H22BrN3O4. The average Bonchev–Trinajstić information content (AvgIpc) is 2.89. The second-order valence-electron chi connectivity index (χ2n) is 6.78. The number of piperidine rings is 1. The van der Waals surface area contributed by atoms with Gasteiger partial charge in [-0.3, -0.25) is 14.5 Å². The van der Waals surface area contributed by atoms with Crippen LogP contribution >= 0.6 is 15.9 Å². The molecule has 2 aliphatic heterocycles. The van der Waals surface area contributed by atoms with Gasteiger partial charge in [-0.15, -0.1) is 0 Å². The minimum absolute atomic E-state index is 0.193. The minimum atomic E-state index is -0.858. The highest BCUT2D eigenvalue weighted by Gasteiger charge is 2.41. The van der Waals surface area contributed by atoms with Crippen molar-refractivity contribution in [3.05, 3.63) is 28.2 Å². The molecule has 140 valence electrons. The summed E-state index contributed by atoms with van der Waals surface area (Å²) in [6.07, 6.45) is 2.04. The summed E-state index contributed by atoms with van der Waals surface area (Å²) in [5.41, 5.74) is 0.557. The lowest BCUT2D eigenvalue weighted by Crippen LogP contribution is -2.46. The largest absolute Gasteiger partial charge is 0.496 e. The molecule has 2 saturated heterocycles. The number of hydrogen-bond donors (Lipinski definition) is 1. The molecule has 1 aromatic rings. The number of methoxy groups -OCH3 is 1. The van der Waals surface area contributed by atoms with E-state index in [0.717, 1.165) is 22.2 Å². The Kier molecular flexibility index (Phi) is 5.50. The highest BCUT2D eigenvalue weighted by atomic mass is 79.9.